The first kappa shape index (κ1) is 9.27. The highest BCUT2D eigenvalue weighted by Gasteiger charge is 2.20. The van der Waals surface area contributed by atoms with E-state index in [0.717, 1.165) is 13.0 Å². The van der Waals surface area contributed by atoms with E-state index in [1.807, 2.05) is 0 Å². The summed E-state index contributed by atoms with van der Waals surface area (Å²) in [4.78, 5) is 2.16. The molecule has 0 radical (unpaired) electrons. The molecular formula is C8H15ClFN. The van der Waals surface area contributed by atoms with Crippen LogP contribution in [0.25, 0.3) is 0 Å². The van der Waals surface area contributed by atoms with Gasteiger partial charge in [-0.3, -0.25) is 4.90 Å². The van der Waals surface area contributed by atoms with Gasteiger partial charge in [-0.15, -0.1) is 11.6 Å². The average Bonchev–Trinajstić information content (AvgIpc) is 2.06. The van der Waals surface area contributed by atoms with Gasteiger partial charge in [0, 0.05) is 18.5 Å². The van der Waals surface area contributed by atoms with Crippen LogP contribution in [0.2, 0.25) is 0 Å². The maximum atomic E-state index is 12.0. The van der Waals surface area contributed by atoms with Gasteiger partial charge in [0.05, 0.1) is 0 Å². The van der Waals surface area contributed by atoms with E-state index >= 15 is 0 Å². The van der Waals surface area contributed by atoms with Crippen molar-refractivity contribution in [2.45, 2.75) is 25.3 Å². The summed E-state index contributed by atoms with van der Waals surface area (Å²) in [6.07, 6.45) is 3.59. The van der Waals surface area contributed by atoms with E-state index < -0.39 is 0 Å². The van der Waals surface area contributed by atoms with Crippen LogP contribution in [0, 0.1) is 0 Å². The Morgan fingerprint density at radius 3 is 2.91 bits per heavy atom. The Balaban J connectivity index is 2.31. The lowest BCUT2D eigenvalue weighted by molar-refractivity contribution is 0.151. The van der Waals surface area contributed by atoms with Crippen LogP contribution in [-0.4, -0.2) is 36.6 Å². The first-order chi connectivity index (χ1) is 5.38. The minimum atomic E-state index is -0.243. The molecular weight excluding hydrogens is 165 g/mol. The van der Waals surface area contributed by atoms with Gasteiger partial charge in [0.1, 0.15) is 6.67 Å². The highest BCUT2D eigenvalue weighted by atomic mass is 35.5. The molecule has 1 heterocycles. The Bertz CT molecular complexity index is 108. The molecule has 0 saturated carbocycles. The largest absolute Gasteiger partial charge is 0.297 e. The maximum absolute atomic E-state index is 12.0. The van der Waals surface area contributed by atoms with Crippen LogP contribution in [-0.2, 0) is 0 Å². The summed E-state index contributed by atoms with van der Waals surface area (Å²) in [5, 5.41) is 0. The van der Waals surface area contributed by atoms with Crippen LogP contribution < -0.4 is 0 Å². The first-order valence-electron chi connectivity index (χ1n) is 4.24. The molecule has 1 unspecified atom stereocenters. The van der Waals surface area contributed by atoms with E-state index in [0.29, 0.717) is 18.5 Å². The van der Waals surface area contributed by atoms with E-state index in [1.54, 1.807) is 0 Å². The lowest BCUT2D eigenvalue weighted by atomic mass is 10.0. The number of hydrogen-bond donors (Lipinski definition) is 0. The predicted molar refractivity (Wildman–Crippen MR) is 45.9 cm³/mol. The summed E-state index contributed by atoms with van der Waals surface area (Å²) in [6, 6.07) is 0.432. The number of hydrogen-bond acceptors (Lipinski definition) is 1. The number of halogens is 2. The first-order valence-corrected chi connectivity index (χ1v) is 4.78. The van der Waals surface area contributed by atoms with Gasteiger partial charge in [-0.2, -0.15) is 0 Å². The normalized spacial score (nSPS) is 27.3. The molecule has 66 valence electrons. The van der Waals surface area contributed by atoms with E-state index in [2.05, 4.69) is 4.90 Å². The fourth-order valence-electron chi connectivity index (χ4n) is 1.64. The van der Waals surface area contributed by atoms with Crippen LogP contribution in [0.1, 0.15) is 19.3 Å². The van der Waals surface area contributed by atoms with Crippen molar-refractivity contribution in [1.82, 2.24) is 4.90 Å². The highest BCUT2D eigenvalue weighted by Crippen LogP contribution is 2.17. The minimum absolute atomic E-state index is 0.243. The Labute approximate surface area is 72.5 Å². The molecule has 0 bridgehead atoms. The fraction of sp³-hybridized carbons (Fsp3) is 1.00. The molecule has 0 aromatic carbocycles. The summed E-state index contributed by atoms with van der Waals surface area (Å²) in [5.41, 5.74) is 0. The zero-order chi connectivity index (χ0) is 8.10. The number of alkyl halides is 2. The fourth-order valence-corrected chi connectivity index (χ4v) is 1.99. The molecule has 1 atom stereocenters. The van der Waals surface area contributed by atoms with E-state index in [9.17, 15) is 4.39 Å². The number of rotatable bonds is 3. The number of piperidine rings is 1. The summed E-state index contributed by atoms with van der Waals surface area (Å²) in [7, 11) is 0. The molecule has 0 aromatic rings. The van der Waals surface area contributed by atoms with Crippen molar-refractivity contribution in [2.75, 3.05) is 25.6 Å². The molecule has 0 N–H and O–H groups in total. The van der Waals surface area contributed by atoms with Gasteiger partial charge in [0.2, 0.25) is 0 Å². The third-order valence-corrected chi connectivity index (χ3v) is 2.66. The molecule has 1 aliphatic heterocycles. The van der Waals surface area contributed by atoms with Crippen LogP contribution in [0.5, 0.6) is 0 Å². The SMILES string of the molecule is FCCN1CCCCC1CCl. The Kier molecular flexibility index (Phi) is 4.16. The third kappa shape index (κ3) is 2.60. The molecule has 1 aliphatic rings. The summed E-state index contributed by atoms with van der Waals surface area (Å²) >= 11 is 5.75. The van der Waals surface area contributed by atoms with Crippen LogP contribution in [0.15, 0.2) is 0 Å². The second-order valence-electron chi connectivity index (χ2n) is 3.03. The summed E-state index contributed by atoms with van der Waals surface area (Å²) < 4.78 is 12.0. The highest BCUT2D eigenvalue weighted by molar-refractivity contribution is 6.18. The topological polar surface area (TPSA) is 3.24 Å². The van der Waals surface area contributed by atoms with E-state index in [4.69, 9.17) is 11.6 Å². The quantitative estimate of drug-likeness (QED) is 0.600. The number of likely N-dealkylation sites (tertiary alicyclic amines) is 1. The molecule has 1 fully saturated rings. The van der Waals surface area contributed by atoms with Crippen molar-refractivity contribution in [1.29, 1.82) is 0 Å². The maximum Gasteiger partial charge on any atom is 0.102 e. The predicted octanol–water partition coefficient (Wildman–Crippen LogP) is 2.05. The summed E-state index contributed by atoms with van der Waals surface area (Å²) in [5.74, 6) is 0.653. The molecule has 0 aromatic heterocycles. The Morgan fingerprint density at radius 2 is 2.27 bits per heavy atom. The van der Waals surface area contributed by atoms with Gasteiger partial charge >= 0.3 is 0 Å². The van der Waals surface area contributed by atoms with Crippen molar-refractivity contribution >= 4 is 11.6 Å². The van der Waals surface area contributed by atoms with Crippen LogP contribution in [0.4, 0.5) is 4.39 Å². The van der Waals surface area contributed by atoms with Gasteiger partial charge in [0.25, 0.3) is 0 Å². The zero-order valence-corrected chi connectivity index (χ0v) is 7.49. The molecule has 1 nitrogen and oxygen atoms in total. The van der Waals surface area contributed by atoms with Gasteiger partial charge in [-0.1, -0.05) is 6.42 Å². The van der Waals surface area contributed by atoms with Crippen molar-refractivity contribution in [3.05, 3.63) is 0 Å². The smallest absolute Gasteiger partial charge is 0.102 e. The molecule has 3 heteroatoms. The van der Waals surface area contributed by atoms with Gasteiger partial charge in [0.15, 0.2) is 0 Å². The average molecular weight is 180 g/mol. The van der Waals surface area contributed by atoms with Gasteiger partial charge in [-0.05, 0) is 19.4 Å². The van der Waals surface area contributed by atoms with Crippen molar-refractivity contribution < 1.29 is 4.39 Å². The molecule has 1 saturated heterocycles. The van der Waals surface area contributed by atoms with Crippen molar-refractivity contribution in [3.8, 4) is 0 Å². The lowest BCUT2D eigenvalue weighted by Crippen LogP contribution is -2.41. The molecule has 0 aliphatic carbocycles. The molecule has 0 amide bonds. The van der Waals surface area contributed by atoms with Crippen molar-refractivity contribution in [3.63, 3.8) is 0 Å². The van der Waals surface area contributed by atoms with Crippen molar-refractivity contribution in [2.24, 2.45) is 0 Å². The zero-order valence-electron chi connectivity index (χ0n) is 6.73. The van der Waals surface area contributed by atoms with E-state index in [1.165, 1.54) is 12.8 Å². The number of nitrogens with zero attached hydrogens (tertiary/aromatic N) is 1. The monoisotopic (exact) mass is 179 g/mol. The van der Waals surface area contributed by atoms with Gasteiger partial charge in [-0.25, -0.2) is 4.39 Å². The van der Waals surface area contributed by atoms with Crippen LogP contribution >= 0.6 is 11.6 Å². The second kappa shape index (κ2) is 4.94. The minimum Gasteiger partial charge on any atom is -0.297 e. The van der Waals surface area contributed by atoms with Crippen LogP contribution in [0.3, 0.4) is 0 Å². The second-order valence-corrected chi connectivity index (χ2v) is 3.34. The molecule has 1 rings (SSSR count). The third-order valence-electron chi connectivity index (χ3n) is 2.30. The lowest BCUT2D eigenvalue weighted by Gasteiger charge is -2.33. The van der Waals surface area contributed by atoms with Gasteiger partial charge < -0.3 is 0 Å². The molecule has 0 spiro atoms. The molecule has 11 heavy (non-hydrogen) atoms. The Hall–Kier alpha value is 0.180. The summed E-state index contributed by atoms with van der Waals surface area (Å²) in [6.45, 7) is 1.35. The standard InChI is InChI=1S/C8H15ClFN/c9-7-8-3-1-2-5-11(8)6-4-10/h8H,1-7H2. The van der Waals surface area contributed by atoms with E-state index in [-0.39, 0.29) is 6.67 Å². The Morgan fingerprint density at radius 1 is 1.45 bits per heavy atom.